The molecule has 1 aliphatic rings. The first kappa shape index (κ1) is 6.13. The van der Waals surface area contributed by atoms with E-state index < -0.39 is 8.60 Å². The van der Waals surface area contributed by atoms with Crippen molar-refractivity contribution in [2.75, 3.05) is 6.61 Å². The fraction of sp³-hybridized carbons (Fsp3) is 0.333. The first-order valence-electron chi connectivity index (χ1n) is 1.99. The summed E-state index contributed by atoms with van der Waals surface area (Å²) in [4.78, 5) is 0. The van der Waals surface area contributed by atoms with Crippen molar-refractivity contribution < 1.29 is 18.9 Å². The molecule has 0 unspecified atom stereocenters. The Kier molecular flexibility index (Phi) is 2.39. The van der Waals surface area contributed by atoms with E-state index in [0.29, 0.717) is 6.61 Å². The lowest BCUT2D eigenvalue weighted by molar-refractivity contribution is -0.488. The lowest BCUT2D eigenvalue weighted by Gasteiger charge is -2.17. The summed E-state index contributed by atoms with van der Waals surface area (Å²) in [6.07, 6.45) is 1.60. The van der Waals surface area contributed by atoms with E-state index >= 15 is 0 Å². The number of hydrogen-bond donors (Lipinski definition) is 0. The van der Waals surface area contributed by atoms with Crippen LogP contribution in [-0.4, -0.2) is 6.61 Å². The lowest BCUT2D eigenvalue weighted by Crippen LogP contribution is -2.04. The molecule has 0 radical (unpaired) electrons. The number of rotatable bonds is 3. The van der Waals surface area contributed by atoms with Gasteiger partial charge in [0.25, 0.3) is 0 Å². The van der Waals surface area contributed by atoms with Gasteiger partial charge in [0.1, 0.15) is 0 Å². The van der Waals surface area contributed by atoms with Gasteiger partial charge in [-0.3, -0.25) is 0 Å². The zero-order valence-corrected chi connectivity index (χ0v) is 4.97. The van der Waals surface area contributed by atoms with Gasteiger partial charge >= 0.3 is 8.60 Å². The minimum Gasteiger partial charge on any atom is -0.305 e. The first-order chi connectivity index (χ1) is 3.93. The molecule has 0 aromatic carbocycles. The monoisotopic (exact) mass is 136 g/mol. The van der Waals surface area contributed by atoms with Gasteiger partial charge in [-0.05, 0) is 0 Å². The van der Waals surface area contributed by atoms with Crippen LogP contribution in [0.5, 0.6) is 0 Å². The highest BCUT2D eigenvalue weighted by Gasteiger charge is 2.25. The third-order valence-electron chi connectivity index (χ3n) is 0.480. The fourth-order valence-corrected chi connectivity index (χ4v) is 0.636. The Morgan fingerprint density at radius 3 is 2.75 bits per heavy atom. The zero-order chi connectivity index (χ0) is 5.82. The molecule has 0 aromatic rings. The smallest absolute Gasteiger partial charge is 0.305 e. The molecule has 0 amide bonds. The summed E-state index contributed by atoms with van der Waals surface area (Å²) < 4.78 is 13.4. The molecule has 1 heterocycles. The van der Waals surface area contributed by atoms with Crippen LogP contribution >= 0.6 is 8.60 Å². The van der Waals surface area contributed by atoms with Gasteiger partial charge in [-0.15, -0.1) is 15.9 Å². The Labute approximate surface area is 47.8 Å². The zero-order valence-electron chi connectivity index (χ0n) is 4.07. The summed E-state index contributed by atoms with van der Waals surface area (Å²) in [5, 5.41) is 3.90. The van der Waals surface area contributed by atoms with Gasteiger partial charge in [-0.25, -0.2) is 0 Å². The van der Waals surface area contributed by atoms with Gasteiger partial charge in [-0.1, -0.05) is 11.1 Å². The van der Waals surface area contributed by atoms with E-state index in [2.05, 4.69) is 21.0 Å². The molecule has 8 heavy (non-hydrogen) atoms. The van der Waals surface area contributed by atoms with Crippen molar-refractivity contribution in [1.29, 1.82) is 0 Å². The molecule has 0 bridgehead atoms. The highest BCUT2D eigenvalue weighted by molar-refractivity contribution is 7.42. The van der Waals surface area contributed by atoms with E-state index in [1.165, 1.54) is 0 Å². The maximum absolute atomic E-state index is 4.80. The second-order valence-corrected chi connectivity index (χ2v) is 2.03. The van der Waals surface area contributed by atoms with Crippen molar-refractivity contribution in [2.45, 2.75) is 0 Å². The summed E-state index contributed by atoms with van der Waals surface area (Å²) >= 11 is 0. The molecule has 0 spiro atoms. The second kappa shape index (κ2) is 3.12. The molecular weight excluding hydrogens is 131 g/mol. The predicted molar refractivity (Wildman–Crippen MR) is 26.3 cm³/mol. The molecule has 0 aliphatic carbocycles. The van der Waals surface area contributed by atoms with Crippen LogP contribution in [0, 0.1) is 0 Å². The van der Waals surface area contributed by atoms with E-state index in [4.69, 9.17) is 4.52 Å². The van der Waals surface area contributed by atoms with Crippen molar-refractivity contribution in [3.8, 4) is 0 Å². The van der Waals surface area contributed by atoms with E-state index in [1.54, 1.807) is 6.08 Å². The Morgan fingerprint density at radius 2 is 2.38 bits per heavy atom. The van der Waals surface area contributed by atoms with Gasteiger partial charge in [0.2, 0.25) is 0 Å². The lowest BCUT2D eigenvalue weighted by atomic mass is 10.7. The molecule has 1 fully saturated rings. The fourth-order valence-electron chi connectivity index (χ4n) is 0.212. The van der Waals surface area contributed by atoms with Crippen LogP contribution in [0.15, 0.2) is 12.7 Å². The molecular formula is C3H5O4P. The summed E-state index contributed by atoms with van der Waals surface area (Å²) in [5.41, 5.74) is 0. The topological polar surface area (TPSA) is 36.9 Å². The molecule has 4 nitrogen and oxygen atoms in total. The van der Waals surface area contributed by atoms with Gasteiger partial charge in [0, 0.05) is 0 Å². The molecule has 1 aliphatic heterocycles. The quantitative estimate of drug-likeness (QED) is 0.333. The van der Waals surface area contributed by atoms with Gasteiger partial charge in [-0.2, -0.15) is 0 Å². The van der Waals surface area contributed by atoms with Crippen LogP contribution in [-0.2, 0) is 18.9 Å². The largest absolute Gasteiger partial charge is 0.398 e. The molecule has 0 N–H and O–H groups in total. The van der Waals surface area contributed by atoms with Crippen molar-refractivity contribution in [3.63, 3.8) is 0 Å². The first-order valence-corrected chi connectivity index (χ1v) is 3.08. The molecule has 46 valence electrons. The third-order valence-corrected chi connectivity index (χ3v) is 1.21. The Hall–Kier alpha value is 0.0100. The normalized spacial score (nSPS) is 20.0. The Bertz CT molecular complexity index is 81.4. The number of hydrogen-bond acceptors (Lipinski definition) is 4. The van der Waals surface area contributed by atoms with Crippen LogP contribution in [0.3, 0.4) is 0 Å². The minimum atomic E-state index is -1.20. The summed E-state index contributed by atoms with van der Waals surface area (Å²) in [6, 6.07) is 0. The van der Waals surface area contributed by atoms with Crippen LogP contribution in [0.25, 0.3) is 0 Å². The van der Waals surface area contributed by atoms with Crippen molar-refractivity contribution in [2.24, 2.45) is 0 Å². The molecule has 5 heteroatoms. The molecule has 0 aromatic heterocycles. The van der Waals surface area contributed by atoms with Crippen LogP contribution in [0.1, 0.15) is 0 Å². The Balaban J connectivity index is 1.93. The Morgan fingerprint density at radius 1 is 1.62 bits per heavy atom. The highest BCUT2D eigenvalue weighted by Crippen LogP contribution is 2.48. The van der Waals surface area contributed by atoms with Crippen LogP contribution in [0.4, 0.5) is 0 Å². The van der Waals surface area contributed by atoms with Crippen LogP contribution in [0.2, 0.25) is 0 Å². The van der Waals surface area contributed by atoms with Gasteiger partial charge in [0.05, 0.1) is 6.61 Å². The molecule has 1 rings (SSSR count). The van der Waals surface area contributed by atoms with Gasteiger partial charge < -0.3 is 4.52 Å². The highest BCUT2D eigenvalue weighted by atomic mass is 31.2. The van der Waals surface area contributed by atoms with Crippen LogP contribution < -0.4 is 0 Å². The minimum absolute atomic E-state index is 0.426. The SMILES string of the molecule is C=CCOP1OOO1. The summed E-state index contributed by atoms with van der Waals surface area (Å²) in [6.45, 7) is 3.85. The maximum Gasteiger partial charge on any atom is 0.398 e. The van der Waals surface area contributed by atoms with Crippen molar-refractivity contribution >= 4 is 8.60 Å². The molecule has 0 atom stereocenters. The van der Waals surface area contributed by atoms with E-state index in [1.807, 2.05) is 0 Å². The second-order valence-electron chi connectivity index (χ2n) is 1.03. The predicted octanol–water partition coefficient (Wildman–Crippen LogP) is 1.31. The van der Waals surface area contributed by atoms with Crippen molar-refractivity contribution in [1.82, 2.24) is 0 Å². The standard InChI is InChI=1S/C3H5O4P/c1-2-3-4-8-6-5-7-8/h2H,1,3H2. The maximum atomic E-state index is 4.80. The van der Waals surface area contributed by atoms with Gasteiger partial charge in [0.15, 0.2) is 0 Å². The van der Waals surface area contributed by atoms with Crippen molar-refractivity contribution in [3.05, 3.63) is 12.7 Å². The molecule has 0 saturated carbocycles. The average molecular weight is 136 g/mol. The average Bonchev–Trinajstić information content (AvgIpc) is 1.63. The third kappa shape index (κ3) is 1.51. The van der Waals surface area contributed by atoms with E-state index in [9.17, 15) is 0 Å². The van der Waals surface area contributed by atoms with E-state index in [-0.39, 0.29) is 0 Å². The summed E-state index contributed by atoms with van der Waals surface area (Å²) in [5.74, 6) is 0. The van der Waals surface area contributed by atoms with E-state index in [0.717, 1.165) is 0 Å². The summed E-state index contributed by atoms with van der Waals surface area (Å²) in [7, 11) is -1.20. The molecule has 1 saturated heterocycles.